The molecule has 0 amide bonds. The van der Waals surface area contributed by atoms with Crippen molar-refractivity contribution in [3.8, 4) is 5.75 Å². The highest BCUT2D eigenvalue weighted by molar-refractivity contribution is 5.58. The van der Waals surface area contributed by atoms with E-state index in [1.54, 1.807) is 7.11 Å². The van der Waals surface area contributed by atoms with Crippen LogP contribution in [0.15, 0.2) is 24.3 Å². The van der Waals surface area contributed by atoms with Gasteiger partial charge in [-0.25, -0.2) is 4.98 Å². The number of anilines is 3. The zero-order chi connectivity index (χ0) is 18.9. The highest BCUT2D eigenvalue weighted by Crippen LogP contribution is 2.24. The van der Waals surface area contributed by atoms with Crippen molar-refractivity contribution in [2.75, 3.05) is 51.5 Å². The molecule has 3 N–H and O–H groups in total. The molecule has 7 nitrogen and oxygen atoms in total. The quantitative estimate of drug-likeness (QED) is 0.564. The van der Waals surface area contributed by atoms with Crippen molar-refractivity contribution in [1.29, 1.82) is 0 Å². The maximum atomic E-state index is 5.49. The van der Waals surface area contributed by atoms with E-state index in [-0.39, 0.29) is 0 Å². The van der Waals surface area contributed by atoms with E-state index in [4.69, 9.17) is 4.74 Å². The van der Waals surface area contributed by atoms with Crippen LogP contribution in [0.1, 0.15) is 18.2 Å². The summed E-state index contributed by atoms with van der Waals surface area (Å²) in [6.45, 7) is 7.84. The number of aryl methyl sites for hydroxylation is 1. The minimum absolute atomic E-state index is 0.572. The Hall–Kier alpha value is -2.38. The van der Waals surface area contributed by atoms with Crippen molar-refractivity contribution in [2.24, 2.45) is 0 Å². The first-order valence-electron chi connectivity index (χ1n) is 8.92. The highest BCUT2D eigenvalue weighted by Gasteiger charge is 2.07. The van der Waals surface area contributed by atoms with Crippen molar-refractivity contribution in [2.45, 2.75) is 20.4 Å². The normalized spacial score (nSPS) is 10.8. The third-order valence-corrected chi connectivity index (χ3v) is 4.17. The number of benzene rings is 1. The molecule has 142 valence electrons. The Kier molecular flexibility index (Phi) is 7.62. The molecule has 0 atom stereocenters. The van der Waals surface area contributed by atoms with Crippen molar-refractivity contribution >= 4 is 17.5 Å². The molecule has 1 heterocycles. The number of likely N-dealkylation sites (N-methyl/N-ethyl adjacent to an activating group) is 1. The van der Waals surface area contributed by atoms with Gasteiger partial charge in [-0.3, -0.25) is 0 Å². The molecule has 0 radical (unpaired) electrons. The van der Waals surface area contributed by atoms with Crippen molar-refractivity contribution in [3.05, 3.63) is 35.5 Å². The van der Waals surface area contributed by atoms with Gasteiger partial charge in [0.25, 0.3) is 0 Å². The summed E-state index contributed by atoms with van der Waals surface area (Å²) in [6, 6.07) is 7.91. The minimum Gasteiger partial charge on any atom is -0.496 e. The molecule has 0 unspecified atom stereocenters. The monoisotopic (exact) mass is 358 g/mol. The van der Waals surface area contributed by atoms with Crippen LogP contribution in [0.3, 0.4) is 0 Å². The van der Waals surface area contributed by atoms with Gasteiger partial charge in [0.15, 0.2) is 0 Å². The van der Waals surface area contributed by atoms with Gasteiger partial charge in [0.1, 0.15) is 11.6 Å². The predicted molar refractivity (Wildman–Crippen MR) is 107 cm³/mol. The number of rotatable bonds is 10. The topological polar surface area (TPSA) is 74.3 Å². The molecular weight excluding hydrogens is 328 g/mol. The lowest BCUT2D eigenvalue weighted by molar-refractivity contribution is 0.348. The number of hydrogen-bond donors (Lipinski definition) is 3. The van der Waals surface area contributed by atoms with Crippen molar-refractivity contribution in [1.82, 2.24) is 20.2 Å². The van der Waals surface area contributed by atoms with Gasteiger partial charge in [-0.1, -0.05) is 6.92 Å². The summed E-state index contributed by atoms with van der Waals surface area (Å²) >= 11 is 0. The highest BCUT2D eigenvalue weighted by atomic mass is 16.5. The third-order valence-electron chi connectivity index (χ3n) is 4.17. The summed E-state index contributed by atoms with van der Waals surface area (Å²) in [5.41, 5.74) is 2.93. The summed E-state index contributed by atoms with van der Waals surface area (Å²) in [5, 5.41) is 9.79. The molecule has 1 aromatic heterocycles. The SMILES string of the molecule is CCN(C)CCNCc1cc(Nc2nc(C)cc(NC)n2)ccc1OC. The first kappa shape index (κ1) is 19.9. The molecule has 0 aliphatic rings. The average Bonchev–Trinajstić information content (AvgIpc) is 2.64. The van der Waals surface area contributed by atoms with Gasteiger partial charge in [-0.15, -0.1) is 0 Å². The van der Waals surface area contributed by atoms with Gasteiger partial charge in [0.05, 0.1) is 7.11 Å². The molecule has 0 aliphatic carbocycles. The van der Waals surface area contributed by atoms with Crippen LogP contribution in [0, 0.1) is 6.92 Å². The molecule has 0 fully saturated rings. The standard InChI is InChI=1S/C19H30N6O/c1-6-25(4)10-9-21-13-15-12-16(7-8-17(15)26-5)23-19-22-14(2)11-18(20-3)24-19/h7-8,11-12,21H,6,9-10,13H2,1-5H3,(H2,20,22,23,24). The van der Waals surface area contributed by atoms with E-state index in [1.165, 1.54) is 0 Å². The number of nitrogens with one attached hydrogen (secondary N) is 3. The van der Waals surface area contributed by atoms with Crippen molar-refractivity contribution in [3.63, 3.8) is 0 Å². The maximum absolute atomic E-state index is 5.49. The summed E-state index contributed by atoms with van der Waals surface area (Å²) in [4.78, 5) is 11.2. The third kappa shape index (κ3) is 5.86. The van der Waals surface area contributed by atoms with Crippen LogP contribution < -0.4 is 20.7 Å². The maximum Gasteiger partial charge on any atom is 0.229 e. The Labute approximate surface area is 156 Å². The van der Waals surface area contributed by atoms with Gasteiger partial charge < -0.3 is 25.6 Å². The predicted octanol–water partition coefficient (Wildman–Crippen LogP) is 2.62. The average molecular weight is 358 g/mol. The summed E-state index contributed by atoms with van der Waals surface area (Å²) in [5.74, 6) is 2.23. The molecule has 2 rings (SSSR count). The zero-order valence-corrected chi connectivity index (χ0v) is 16.4. The molecule has 26 heavy (non-hydrogen) atoms. The summed E-state index contributed by atoms with van der Waals surface area (Å²) in [6.07, 6.45) is 0. The van der Waals surface area contributed by atoms with Crippen LogP contribution in [-0.4, -0.2) is 55.7 Å². The molecule has 1 aromatic carbocycles. The second-order valence-corrected chi connectivity index (χ2v) is 6.19. The molecule has 0 bridgehead atoms. The Morgan fingerprint density at radius 2 is 2.00 bits per heavy atom. The Balaban J connectivity index is 2.07. The van der Waals surface area contributed by atoms with E-state index in [0.29, 0.717) is 5.95 Å². The van der Waals surface area contributed by atoms with Gasteiger partial charge in [-0.2, -0.15) is 4.98 Å². The van der Waals surface area contributed by atoms with Crippen LogP contribution in [0.5, 0.6) is 5.75 Å². The first-order chi connectivity index (χ1) is 12.5. The molecular formula is C19H30N6O. The molecule has 0 saturated carbocycles. The Morgan fingerprint density at radius 1 is 1.19 bits per heavy atom. The van der Waals surface area contributed by atoms with Crippen LogP contribution in [0.4, 0.5) is 17.5 Å². The molecule has 0 saturated heterocycles. The lowest BCUT2D eigenvalue weighted by Gasteiger charge is -2.16. The van der Waals surface area contributed by atoms with Crippen LogP contribution >= 0.6 is 0 Å². The largest absolute Gasteiger partial charge is 0.496 e. The van der Waals surface area contributed by atoms with Gasteiger partial charge >= 0.3 is 0 Å². The number of hydrogen-bond acceptors (Lipinski definition) is 7. The molecule has 7 heteroatoms. The van der Waals surface area contributed by atoms with Crippen LogP contribution in [0.25, 0.3) is 0 Å². The van der Waals surface area contributed by atoms with Crippen LogP contribution in [-0.2, 0) is 6.54 Å². The fourth-order valence-corrected chi connectivity index (χ4v) is 2.53. The first-order valence-corrected chi connectivity index (χ1v) is 8.92. The van der Waals surface area contributed by atoms with Gasteiger partial charge in [0.2, 0.25) is 5.95 Å². The smallest absolute Gasteiger partial charge is 0.229 e. The van der Waals surface area contributed by atoms with Gasteiger partial charge in [0, 0.05) is 49.7 Å². The summed E-state index contributed by atoms with van der Waals surface area (Å²) in [7, 11) is 5.66. The van der Waals surface area contributed by atoms with Crippen LogP contribution in [0.2, 0.25) is 0 Å². The van der Waals surface area contributed by atoms with E-state index < -0.39 is 0 Å². The second-order valence-electron chi connectivity index (χ2n) is 6.19. The van der Waals surface area contributed by atoms with Gasteiger partial charge in [-0.05, 0) is 38.7 Å². The van der Waals surface area contributed by atoms with E-state index in [0.717, 1.165) is 54.7 Å². The van der Waals surface area contributed by atoms with E-state index in [9.17, 15) is 0 Å². The molecule has 2 aromatic rings. The zero-order valence-electron chi connectivity index (χ0n) is 16.4. The Bertz CT molecular complexity index is 706. The number of nitrogens with zero attached hydrogens (tertiary/aromatic N) is 3. The number of aromatic nitrogens is 2. The van der Waals surface area contributed by atoms with Crippen molar-refractivity contribution < 1.29 is 4.74 Å². The van der Waals surface area contributed by atoms with E-state index in [1.807, 2.05) is 32.2 Å². The Morgan fingerprint density at radius 3 is 2.69 bits per heavy atom. The lowest BCUT2D eigenvalue weighted by atomic mass is 10.1. The lowest BCUT2D eigenvalue weighted by Crippen LogP contribution is -2.28. The fraction of sp³-hybridized carbons (Fsp3) is 0.474. The minimum atomic E-state index is 0.572. The fourth-order valence-electron chi connectivity index (χ4n) is 2.53. The molecule has 0 aliphatic heterocycles. The van der Waals surface area contributed by atoms with E-state index in [2.05, 4.69) is 50.9 Å². The number of methoxy groups -OCH3 is 1. The summed E-state index contributed by atoms with van der Waals surface area (Å²) < 4.78 is 5.49. The second kappa shape index (κ2) is 9.94. The number of ether oxygens (including phenoxy) is 1. The van der Waals surface area contributed by atoms with E-state index >= 15 is 0 Å². The molecule has 0 spiro atoms.